The average Bonchev–Trinajstić information content (AvgIpc) is 3.80. The number of hydrogen-bond donors (Lipinski definition) is 0. The van der Waals surface area contributed by atoms with Gasteiger partial charge in [0.15, 0.2) is 0 Å². The molecule has 12 rings (SSSR count). The van der Waals surface area contributed by atoms with E-state index in [2.05, 4.69) is 192 Å². The predicted octanol–water partition coefficient (Wildman–Crippen LogP) is 12.0. The van der Waals surface area contributed by atoms with Gasteiger partial charge in [-0.3, -0.25) is 0 Å². The lowest BCUT2D eigenvalue weighted by atomic mass is 9.34. The number of aromatic nitrogens is 2. The highest BCUT2D eigenvalue weighted by atomic mass is 16.5. The van der Waals surface area contributed by atoms with E-state index < -0.39 is 0 Å². The van der Waals surface area contributed by atoms with Gasteiger partial charge in [0.25, 0.3) is 6.71 Å². The van der Waals surface area contributed by atoms with Crippen molar-refractivity contribution in [2.75, 3.05) is 0 Å². The molecule has 0 amide bonds. The smallest absolute Gasteiger partial charge is 0.260 e. The van der Waals surface area contributed by atoms with Crippen LogP contribution in [0.4, 0.5) is 0 Å². The van der Waals surface area contributed by atoms with Crippen LogP contribution >= 0.6 is 0 Å². The fraction of sp³-hybridized carbons (Fsp3) is 0. The van der Waals surface area contributed by atoms with E-state index in [9.17, 15) is 0 Å². The molecule has 0 unspecified atom stereocenters. The summed E-state index contributed by atoms with van der Waals surface area (Å²) in [6.45, 7) is 8.10. The number of ether oxygens (including phenoxy) is 2. The van der Waals surface area contributed by atoms with Crippen LogP contribution in [0.15, 0.2) is 201 Å². The fourth-order valence-corrected chi connectivity index (χ4v) is 9.49. The van der Waals surface area contributed by atoms with Crippen LogP contribution in [0.3, 0.4) is 0 Å². The van der Waals surface area contributed by atoms with E-state index in [1.165, 1.54) is 32.6 Å². The molecule has 4 nitrogen and oxygen atoms in total. The van der Waals surface area contributed by atoms with Crippen molar-refractivity contribution >= 4 is 72.3 Å². The lowest BCUT2D eigenvalue weighted by molar-refractivity contribution is 0.464. The van der Waals surface area contributed by atoms with Crippen LogP contribution in [0.25, 0.3) is 71.7 Å². The molecule has 4 heterocycles. The van der Waals surface area contributed by atoms with Crippen molar-refractivity contribution in [3.05, 3.63) is 207 Å². The number of benzene rings is 8. The van der Waals surface area contributed by atoms with E-state index in [-0.39, 0.29) is 6.71 Å². The molecule has 0 N–H and O–H groups in total. The molecule has 0 saturated carbocycles. The van der Waals surface area contributed by atoms with Gasteiger partial charge in [-0.2, -0.15) is 0 Å². The topological polar surface area (TPSA) is 28.3 Å². The summed E-state index contributed by atoms with van der Waals surface area (Å²) in [6.07, 6.45) is 5.69. The maximum absolute atomic E-state index is 6.94. The summed E-state index contributed by atoms with van der Waals surface area (Å²) in [5.74, 6) is 3.24. The van der Waals surface area contributed by atoms with Gasteiger partial charge in [0.05, 0.1) is 27.8 Å². The fourth-order valence-electron chi connectivity index (χ4n) is 9.49. The standard InChI is InChI=1S/C54H35BN2O2/c1-3-4-14-34(2)36-23-27-50-44(29-36)55-45-30-37(35-15-6-5-7-16-35)24-28-51(45)59-53-33-39(32-52(58-50)54(53)55)57-48-22-13-10-19-42(48)43-31-38(25-26-49(43)57)56-46-20-11-8-17-40(46)41-18-9-12-21-47(41)56/h3-33H,1-2H2/b14-4-. The van der Waals surface area contributed by atoms with Crippen molar-refractivity contribution < 1.29 is 9.47 Å². The molecule has 0 atom stereocenters. The Morgan fingerprint density at radius 1 is 0.475 bits per heavy atom. The molecule has 276 valence electrons. The zero-order chi connectivity index (χ0) is 39.2. The molecule has 10 aromatic rings. The lowest BCUT2D eigenvalue weighted by Gasteiger charge is -2.34. The largest absolute Gasteiger partial charge is 0.458 e. The Balaban J connectivity index is 1.06. The van der Waals surface area contributed by atoms with Crippen molar-refractivity contribution in [1.82, 2.24) is 9.13 Å². The monoisotopic (exact) mass is 754 g/mol. The first kappa shape index (κ1) is 33.4. The Bertz CT molecular complexity index is 3370. The molecule has 0 aliphatic carbocycles. The van der Waals surface area contributed by atoms with Crippen molar-refractivity contribution in [1.29, 1.82) is 0 Å². The average molecular weight is 755 g/mol. The van der Waals surface area contributed by atoms with Crippen LogP contribution < -0.4 is 25.9 Å². The summed E-state index contributed by atoms with van der Waals surface area (Å²) in [7, 11) is 0. The van der Waals surface area contributed by atoms with Gasteiger partial charge in [-0.05, 0) is 81.7 Å². The molecule has 2 aromatic heterocycles. The third-order valence-corrected chi connectivity index (χ3v) is 12.1. The van der Waals surface area contributed by atoms with Gasteiger partial charge in [0.1, 0.15) is 23.0 Å². The molecule has 0 radical (unpaired) electrons. The molecule has 59 heavy (non-hydrogen) atoms. The van der Waals surface area contributed by atoms with Crippen molar-refractivity contribution in [3.63, 3.8) is 0 Å². The van der Waals surface area contributed by atoms with Gasteiger partial charge in [0, 0.05) is 44.8 Å². The highest BCUT2D eigenvalue weighted by Gasteiger charge is 2.41. The van der Waals surface area contributed by atoms with Crippen LogP contribution in [0.1, 0.15) is 5.56 Å². The summed E-state index contributed by atoms with van der Waals surface area (Å²) in [5, 5.41) is 4.85. The highest BCUT2D eigenvalue weighted by molar-refractivity contribution is 6.98. The zero-order valence-corrected chi connectivity index (χ0v) is 32.1. The summed E-state index contributed by atoms with van der Waals surface area (Å²) in [5.41, 5.74) is 14.2. The lowest BCUT2D eigenvalue weighted by Crippen LogP contribution is -2.57. The summed E-state index contributed by atoms with van der Waals surface area (Å²) >= 11 is 0. The number of hydrogen-bond acceptors (Lipinski definition) is 2. The van der Waals surface area contributed by atoms with Gasteiger partial charge in [-0.1, -0.05) is 141 Å². The summed E-state index contributed by atoms with van der Waals surface area (Å²) in [4.78, 5) is 0. The van der Waals surface area contributed by atoms with Gasteiger partial charge in [-0.25, -0.2) is 0 Å². The molecule has 0 saturated heterocycles. The number of fused-ring (bicyclic) bond motifs is 10. The first-order chi connectivity index (χ1) is 29.1. The molecule has 5 heteroatoms. The number of nitrogens with zero attached hydrogens (tertiary/aromatic N) is 2. The molecular formula is C54H35BN2O2. The van der Waals surface area contributed by atoms with E-state index in [1.807, 2.05) is 12.2 Å². The molecule has 0 bridgehead atoms. The SMILES string of the molecule is C=C/C=C\C(=C)c1ccc2c(c1)B1c3cc(-c4ccccc4)ccc3Oc3cc(-n4c5ccccc5c5cc(-n6c7ccccc7c7ccccc76)ccc54)cc(c31)O2. The van der Waals surface area contributed by atoms with E-state index >= 15 is 0 Å². The molecule has 0 fully saturated rings. The van der Waals surface area contributed by atoms with Gasteiger partial charge in [0.2, 0.25) is 0 Å². The van der Waals surface area contributed by atoms with E-state index in [1.54, 1.807) is 6.08 Å². The zero-order valence-electron chi connectivity index (χ0n) is 32.1. The molecular weight excluding hydrogens is 719 g/mol. The van der Waals surface area contributed by atoms with Crippen LogP contribution in [-0.2, 0) is 0 Å². The Morgan fingerprint density at radius 3 is 1.69 bits per heavy atom. The van der Waals surface area contributed by atoms with Crippen molar-refractivity contribution in [2.45, 2.75) is 0 Å². The second kappa shape index (κ2) is 12.9. The minimum absolute atomic E-state index is 0.117. The van der Waals surface area contributed by atoms with Crippen LogP contribution in [0.2, 0.25) is 0 Å². The predicted molar refractivity (Wildman–Crippen MR) is 247 cm³/mol. The van der Waals surface area contributed by atoms with E-state index in [4.69, 9.17) is 9.47 Å². The second-order valence-electron chi connectivity index (χ2n) is 15.4. The highest BCUT2D eigenvalue weighted by Crippen LogP contribution is 2.41. The quantitative estimate of drug-likeness (QED) is 0.125. The third kappa shape index (κ3) is 5.05. The Hall–Kier alpha value is -7.76. The van der Waals surface area contributed by atoms with Gasteiger partial charge >= 0.3 is 0 Å². The minimum Gasteiger partial charge on any atom is -0.458 e. The van der Waals surface area contributed by atoms with Crippen LogP contribution in [-0.4, -0.2) is 15.8 Å². The Morgan fingerprint density at radius 2 is 1.03 bits per heavy atom. The summed E-state index contributed by atoms with van der Waals surface area (Å²) in [6, 6.07) is 60.7. The first-order valence-electron chi connectivity index (χ1n) is 20.0. The Labute approximate surface area is 341 Å². The number of rotatable bonds is 6. The molecule has 8 aromatic carbocycles. The number of allylic oxidation sites excluding steroid dienone is 4. The first-order valence-corrected chi connectivity index (χ1v) is 20.0. The normalized spacial score (nSPS) is 12.7. The molecule has 2 aliphatic rings. The Kier molecular flexibility index (Phi) is 7.29. The number of para-hydroxylation sites is 3. The van der Waals surface area contributed by atoms with Crippen LogP contribution in [0.5, 0.6) is 23.0 Å². The van der Waals surface area contributed by atoms with Crippen molar-refractivity contribution in [2.24, 2.45) is 0 Å². The molecule has 2 aliphatic heterocycles. The second-order valence-corrected chi connectivity index (χ2v) is 15.4. The third-order valence-electron chi connectivity index (χ3n) is 12.1. The van der Waals surface area contributed by atoms with Crippen molar-refractivity contribution in [3.8, 4) is 45.5 Å². The van der Waals surface area contributed by atoms with Gasteiger partial charge < -0.3 is 18.6 Å². The van der Waals surface area contributed by atoms with E-state index in [0.29, 0.717) is 0 Å². The minimum atomic E-state index is -0.117. The van der Waals surface area contributed by atoms with E-state index in [0.717, 1.165) is 84.1 Å². The van der Waals surface area contributed by atoms with Crippen LogP contribution in [0, 0.1) is 0 Å². The van der Waals surface area contributed by atoms with Gasteiger partial charge in [-0.15, -0.1) is 0 Å². The maximum Gasteiger partial charge on any atom is 0.260 e. The molecule has 0 spiro atoms. The maximum atomic E-state index is 6.94. The summed E-state index contributed by atoms with van der Waals surface area (Å²) < 4.78 is 18.6.